The Morgan fingerprint density at radius 3 is 3.19 bits per heavy atom. The zero-order chi connectivity index (χ0) is 10.5. The van der Waals surface area contributed by atoms with Crippen molar-refractivity contribution in [2.45, 2.75) is 18.6 Å². The fourth-order valence-corrected chi connectivity index (χ4v) is 2.64. The lowest BCUT2D eigenvalue weighted by Crippen LogP contribution is -2.37. The molecule has 4 heterocycles. The number of nitrogens with zero attached hydrogens (tertiary/aromatic N) is 4. The van der Waals surface area contributed by atoms with Gasteiger partial charge in [-0.2, -0.15) is 5.10 Å². The van der Waals surface area contributed by atoms with Crippen LogP contribution in [0, 0.1) is 0 Å². The van der Waals surface area contributed by atoms with Gasteiger partial charge in [-0.3, -0.25) is 0 Å². The SMILES string of the molecule is c1cc2nc(N3CC4C[C@@H]3CO4)ccn2n1. The summed E-state index contributed by atoms with van der Waals surface area (Å²) in [5.41, 5.74) is 0.904. The van der Waals surface area contributed by atoms with E-state index in [-0.39, 0.29) is 0 Å². The molecule has 82 valence electrons. The van der Waals surface area contributed by atoms with Crippen LogP contribution in [0.25, 0.3) is 5.65 Å². The van der Waals surface area contributed by atoms with Crippen LogP contribution in [0.5, 0.6) is 0 Å². The fourth-order valence-electron chi connectivity index (χ4n) is 2.64. The van der Waals surface area contributed by atoms with Crippen molar-refractivity contribution in [2.75, 3.05) is 18.1 Å². The van der Waals surface area contributed by atoms with Crippen molar-refractivity contribution < 1.29 is 4.74 Å². The number of hydrogen-bond acceptors (Lipinski definition) is 4. The summed E-state index contributed by atoms with van der Waals surface area (Å²) >= 11 is 0. The number of fused-ring (bicyclic) bond motifs is 3. The molecule has 1 unspecified atom stereocenters. The smallest absolute Gasteiger partial charge is 0.157 e. The molecule has 0 aliphatic carbocycles. The molecule has 16 heavy (non-hydrogen) atoms. The highest BCUT2D eigenvalue weighted by Gasteiger charge is 2.39. The highest BCUT2D eigenvalue weighted by Crippen LogP contribution is 2.31. The topological polar surface area (TPSA) is 42.7 Å². The van der Waals surface area contributed by atoms with Gasteiger partial charge in [0, 0.05) is 18.8 Å². The summed E-state index contributed by atoms with van der Waals surface area (Å²) in [6.45, 7) is 1.82. The quantitative estimate of drug-likeness (QED) is 0.704. The van der Waals surface area contributed by atoms with Crippen molar-refractivity contribution in [1.82, 2.24) is 14.6 Å². The van der Waals surface area contributed by atoms with Crippen LogP contribution >= 0.6 is 0 Å². The van der Waals surface area contributed by atoms with Crippen molar-refractivity contribution in [3.05, 3.63) is 24.5 Å². The summed E-state index contributed by atoms with van der Waals surface area (Å²) < 4.78 is 7.38. The van der Waals surface area contributed by atoms with Gasteiger partial charge in [-0.15, -0.1) is 0 Å². The van der Waals surface area contributed by atoms with E-state index in [0.29, 0.717) is 12.1 Å². The first-order chi connectivity index (χ1) is 7.90. The first kappa shape index (κ1) is 8.52. The average Bonchev–Trinajstić information content (AvgIpc) is 3.03. The summed E-state index contributed by atoms with van der Waals surface area (Å²) in [6, 6.07) is 4.47. The average molecular weight is 216 g/mol. The van der Waals surface area contributed by atoms with Crippen LogP contribution in [0.3, 0.4) is 0 Å². The van der Waals surface area contributed by atoms with Crippen molar-refractivity contribution in [3.63, 3.8) is 0 Å². The second kappa shape index (κ2) is 2.95. The van der Waals surface area contributed by atoms with Gasteiger partial charge in [0.05, 0.1) is 24.9 Å². The standard InChI is InChI=1S/C11H12N4O/c1-3-12-15-4-2-10(13-11(1)15)14-6-9-5-8(14)7-16-9/h1-4,8-9H,5-7H2/t8-,9?/m1/s1. The predicted molar refractivity (Wildman–Crippen MR) is 58.5 cm³/mol. The third-order valence-corrected chi connectivity index (χ3v) is 3.44. The number of rotatable bonds is 1. The summed E-state index contributed by atoms with van der Waals surface area (Å²) in [5.74, 6) is 1.05. The highest BCUT2D eigenvalue weighted by atomic mass is 16.5. The molecule has 0 spiro atoms. The molecule has 2 saturated heterocycles. The minimum absolute atomic E-state index is 0.410. The van der Waals surface area contributed by atoms with Gasteiger partial charge in [-0.1, -0.05) is 0 Å². The predicted octanol–water partition coefficient (Wildman–Crippen LogP) is 0.707. The van der Waals surface area contributed by atoms with Crippen molar-refractivity contribution in [1.29, 1.82) is 0 Å². The summed E-state index contributed by atoms with van der Waals surface area (Å²) in [5, 5.41) is 4.15. The van der Waals surface area contributed by atoms with Gasteiger partial charge in [-0.25, -0.2) is 9.50 Å². The Kier molecular flexibility index (Phi) is 1.57. The maximum Gasteiger partial charge on any atom is 0.157 e. The van der Waals surface area contributed by atoms with Gasteiger partial charge in [-0.05, 0) is 12.5 Å². The molecular weight excluding hydrogens is 204 g/mol. The van der Waals surface area contributed by atoms with Crippen LogP contribution in [-0.4, -0.2) is 39.9 Å². The number of anilines is 1. The largest absolute Gasteiger partial charge is 0.374 e. The minimum Gasteiger partial charge on any atom is -0.374 e. The van der Waals surface area contributed by atoms with Gasteiger partial charge >= 0.3 is 0 Å². The highest BCUT2D eigenvalue weighted by molar-refractivity contribution is 5.49. The molecule has 2 atom stereocenters. The molecule has 2 bridgehead atoms. The number of ether oxygens (including phenoxy) is 1. The minimum atomic E-state index is 0.410. The van der Waals surface area contributed by atoms with Gasteiger partial charge in [0.1, 0.15) is 5.82 Å². The zero-order valence-electron chi connectivity index (χ0n) is 8.78. The number of hydrogen-bond donors (Lipinski definition) is 0. The molecule has 2 fully saturated rings. The van der Waals surface area contributed by atoms with Crippen molar-refractivity contribution in [3.8, 4) is 0 Å². The second-order valence-corrected chi connectivity index (χ2v) is 4.42. The molecule has 0 radical (unpaired) electrons. The molecule has 5 nitrogen and oxygen atoms in total. The first-order valence-electron chi connectivity index (χ1n) is 5.59. The normalized spacial score (nSPS) is 28.1. The lowest BCUT2D eigenvalue weighted by Gasteiger charge is -2.27. The Bertz CT molecular complexity index is 538. The summed E-state index contributed by atoms with van der Waals surface area (Å²) in [4.78, 5) is 6.96. The zero-order valence-corrected chi connectivity index (χ0v) is 8.78. The third-order valence-electron chi connectivity index (χ3n) is 3.44. The number of morpholine rings is 1. The summed E-state index contributed by atoms with van der Waals surface area (Å²) in [6.07, 6.45) is 5.29. The maximum absolute atomic E-state index is 5.59. The molecular formula is C11H12N4O. The molecule has 0 saturated carbocycles. The fraction of sp³-hybridized carbons (Fsp3) is 0.455. The van der Waals surface area contributed by atoms with Crippen LogP contribution in [0.2, 0.25) is 0 Å². The van der Waals surface area contributed by atoms with E-state index >= 15 is 0 Å². The van der Waals surface area contributed by atoms with E-state index in [9.17, 15) is 0 Å². The van der Waals surface area contributed by atoms with Crippen molar-refractivity contribution in [2.24, 2.45) is 0 Å². The molecule has 5 heteroatoms. The van der Waals surface area contributed by atoms with E-state index in [1.165, 1.54) is 0 Å². The van der Waals surface area contributed by atoms with E-state index in [1.807, 2.05) is 18.3 Å². The van der Waals surface area contributed by atoms with Crippen molar-refractivity contribution >= 4 is 11.5 Å². The molecule has 4 rings (SSSR count). The Hall–Kier alpha value is -1.62. The van der Waals surface area contributed by atoms with Gasteiger partial charge in [0.25, 0.3) is 0 Å². The molecule has 2 aromatic rings. The van der Waals surface area contributed by atoms with Gasteiger partial charge < -0.3 is 9.64 Å². The Morgan fingerprint density at radius 1 is 1.38 bits per heavy atom. The number of aromatic nitrogens is 3. The Labute approximate surface area is 92.6 Å². The van der Waals surface area contributed by atoms with E-state index in [2.05, 4.69) is 15.0 Å². The molecule has 2 aliphatic rings. The van der Waals surface area contributed by atoms with Crippen LogP contribution < -0.4 is 4.90 Å². The van der Waals surface area contributed by atoms with Crippen LogP contribution in [0.1, 0.15) is 6.42 Å². The van der Waals surface area contributed by atoms with Crippen LogP contribution in [0.4, 0.5) is 5.82 Å². The first-order valence-corrected chi connectivity index (χ1v) is 5.59. The molecule has 0 aromatic carbocycles. The third kappa shape index (κ3) is 1.09. The molecule has 2 aliphatic heterocycles. The van der Waals surface area contributed by atoms with E-state index in [1.54, 1.807) is 10.7 Å². The van der Waals surface area contributed by atoms with Crippen LogP contribution in [0.15, 0.2) is 24.5 Å². The van der Waals surface area contributed by atoms with Crippen LogP contribution in [-0.2, 0) is 4.74 Å². The lowest BCUT2D eigenvalue weighted by molar-refractivity contribution is 0.0989. The molecule has 0 N–H and O–H groups in total. The van der Waals surface area contributed by atoms with E-state index in [0.717, 1.165) is 31.0 Å². The second-order valence-electron chi connectivity index (χ2n) is 4.42. The van der Waals surface area contributed by atoms with E-state index < -0.39 is 0 Å². The monoisotopic (exact) mass is 216 g/mol. The molecule has 0 amide bonds. The van der Waals surface area contributed by atoms with Gasteiger partial charge in [0.2, 0.25) is 0 Å². The van der Waals surface area contributed by atoms with Gasteiger partial charge in [0.15, 0.2) is 5.65 Å². The Balaban J connectivity index is 1.76. The van der Waals surface area contributed by atoms with E-state index in [4.69, 9.17) is 4.74 Å². The summed E-state index contributed by atoms with van der Waals surface area (Å²) in [7, 11) is 0. The Morgan fingerprint density at radius 2 is 2.38 bits per heavy atom. The molecule has 2 aromatic heterocycles. The maximum atomic E-state index is 5.59. The lowest BCUT2D eigenvalue weighted by atomic mass is 10.2.